The number of anilines is 1. The van der Waals surface area contributed by atoms with Crippen LogP contribution in [0.25, 0.3) is 10.4 Å². The van der Waals surface area contributed by atoms with Gasteiger partial charge in [0.1, 0.15) is 6.04 Å². The Morgan fingerprint density at radius 1 is 1.14 bits per heavy atom. The second-order valence-electron chi connectivity index (χ2n) is 7.86. The Morgan fingerprint density at radius 2 is 1.83 bits per heavy atom. The first-order valence-corrected chi connectivity index (χ1v) is 9.89. The van der Waals surface area contributed by atoms with Crippen molar-refractivity contribution in [1.82, 2.24) is 4.90 Å². The monoisotopic (exact) mass is 393 g/mol. The number of nitrogens with zero attached hydrogens (tertiary/aromatic N) is 4. The van der Waals surface area contributed by atoms with Gasteiger partial charge in [-0.15, -0.1) is 0 Å². The van der Waals surface area contributed by atoms with Crippen LogP contribution in [0.5, 0.6) is 0 Å². The molecule has 2 N–H and O–H groups in total. The van der Waals surface area contributed by atoms with Gasteiger partial charge in [-0.25, -0.2) is 0 Å². The summed E-state index contributed by atoms with van der Waals surface area (Å²) in [6.07, 6.45) is -0.458. The highest BCUT2D eigenvalue weighted by atomic mass is 16.3. The molecule has 1 amide bonds. The van der Waals surface area contributed by atoms with Crippen LogP contribution in [0.3, 0.4) is 0 Å². The summed E-state index contributed by atoms with van der Waals surface area (Å²) in [5.41, 5.74) is 11.7. The third-order valence-corrected chi connectivity index (χ3v) is 5.08. The number of rotatable bonds is 9. The molecule has 1 aliphatic heterocycles. The molecule has 1 heterocycles. The third kappa shape index (κ3) is 5.15. The number of azide groups is 1. The lowest BCUT2D eigenvalue weighted by atomic mass is 9.99. The summed E-state index contributed by atoms with van der Waals surface area (Å²) in [6.45, 7) is 5.03. The Kier molecular flexibility index (Phi) is 6.88. The molecule has 3 atom stereocenters. The van der Waals surface area contributed by atoms with Gasteiger partial charge in [0.2, 0.25) is 5.91 Å². The largest absolute Gasteiger partial charge is 0.391 e. The number of aliphatic hydroxyl groups excluding tert-OH is 1. The molecule has 29 heavy (non-hydrogen) atoms. The van der Waals surface area contributed by atoms with Crippen LogP contribution in [0.4, 0.5) is 5.69 Å². The molecule has 7 heteroatoms. The zero-order valence-corrected chi connectivity index (χ0v) is 16.8. The van der Waals surface area contributed by atoms with Gasteiger partial charge in [-0.3, -0.25) is 9.69 Å². The van der Waals surface area contributed by atoms with Crippen molar-refractivity contribution in [2.75, 3.05) is 18.4 Å². The molecule has 0 radical (unpaired) electrons. The van der Waals surface area contributed by atoms with Crippen molar-refractivity contribution >= 4 is 11.6 Å². The molecule has 0 bridgehead atoms. The fourth-order valence-electron chi connectivity index (χ4n) is 3.85. The molecule has 3 rings (SSSR count). The number of carbonyl (C=O) groups is 1. The third-order valence-electron chi connectivity index (χ3n) is 5.08. The van der Waals surface area contributed by atoms with Crippen LogP contribution in [-0.2, 0) is 11.2 Å². The Morgan fingerprint density at radius 3 is 2.52 bits per heavy atom. The number of hydrogen-bond donors (Lipinski definition) is 2. The maximum absolute atomic E-state index is 12.7. The van der Waals surface area contributed by atoms with Crippen LogP contribution < -0.4 is 5.32 Å². The number of aliphatic hydroxyl groups is 1. The zero-order chi connectivity index (χ0) is 20.8. The second kappa shape index (κ2) is 9.56. The van der Waals surface area contributed by atoms with Gasteiger partial charge in [0.05, 0.1) is 12.1 Å². The van der Waals surface area contributed by atoms with E-state index in [1.165, 1.54) is 0 Å². The number of amides is 1. The second-order valence-corrected chi connectivity index (χ2v) is 7.86. The number of hydrogen-bond acceptors (Lipinski definition) is 4. The molecule has 7 nitrogen and oxygen atoms in total. The maximum atomic E-state index is 12.7. The molecule has 3 unspecified atom stereocenters. The average Bonchev–Trinajstić information content (AvgIpc) is 3.03. The molecule has 0 saturated heterocycles. The van der Waals surface area contributed by atoms with Crippen molar-refractivity contribution in [3.63, 3.8) is 0 Å². The molecule has 2 aromatic rings. The lowest BCUT2D eigenvalue weighted by Crippen LogP contribution is -2.44. The van der Waals surface area contributed by atoms with E-state index in [1.807, 2.05) is 59.5 Å². The molecular weight excluding hydrogens is 366 g/mol. The fourth-order valence-corrected chi connectivity index (χ4v) is 3.85. The summed E-state index contributed by atoms with van der Waals surface area (Å²) < 4.78 is 0. The smallest absolute Gasteiger partial charge is 0.246 e. The molecule has 1 aliphatic rings. The molecule has 2 aromatic carbocycles. The molecule has 0 saturated carbocycles. The van der Waals surface area contributed by atoms with Gasteiger partial charge in [-0.05, 0) is 29.5 Å². The van der Waals surface area contributed by atoms with Crippen molar-refractivity contribution in [3.8, 4) is 0 Å². The van der Waals surface area contributed by atoms with Crippen LogP contribution in [-0.4, -0.2) is 41.1 Å². The molecule has 152 valence electrons. The summed E-state index contributed by atoms with van der Waals surface area (Å²) in [5, 5.41) is 17.7. The van der Waals surface area contributed by atoms with Crippen LogP contribution in [0.2, 0.25) is 0 Å². The summed E-state index contributed by atoms with van der Waals surface area (Å²) in [5.74, 6) is 0.206. The maximum Gasteiger partial charge on any atom is 0.246 e. The quantitative estimate of drug-likeness (QED) is 0.383. The lowest BCUT2D eigenvalue weighted by molar-refractivity contribution is -0.121. The van der Waals surface area contributed by atoms with Gasteiger partial charge in [0.15, 0.2) is 0 Å². The SMILES string of the molecule is CC(C)CN(CC(O)C(Cc1ccccc1)N=[N+]=[N-])C1C(=O)Nc2ccccc21. The minimum absolute atomic E-state index is 0.0950. The van der Waals surface area contributed by atoms with E-state index in [2.05, 4.69) is 29.2 Å². The van der Waals surface area contributed by atoms with Crippen LogP contribution in [0, 0.1) is 5.92 Å². The van der Waals surface area contributed by atoms with E-state index in [1.54, 1.807) is 0 Å². The van der Waals surface area contributed by atoms with E-state index >= 15 is 0 Å². The number of nitrogens with one attached hydrogen (secondary N) is 1. The van der Waals surface area contributed by atoms with Crippen molar-refractivity contribution in [1.29, 1.82) is 0 Å². The first-order chi connectivity index (χ1) is 14.0. The van der Waals surface area contributed by atoms with Gasteiger partial charge in [-0.2, -0.15) is 0 Å². The first-order valence-electron chi connectivity index (χ1n) is 9.89. The normalized spacial score (nSPS) is 17.6. The fraction of sp³-hybridized carbons (Fsp3) is 0.409. The summed E-state index contributed by atoms with van der Waals surface area (Å²) >= 11 is 0. The minimum Gasteiger partial charge on any atom is -0.391 e. The van der Waals surface area contributed by atoms with E-state index in [-0.39, 0.29) is 12.5 Å². The Hall–Kier alpha value is -2.86. The Bertz CT molecular complexity index is 880. The molecule has 0 spiro atoms. The van der Waals surface area contributed by atoms with Crippen LogP contribution in [0.1, 0.15) is 31.0 Å². The zero-order valence-electron chi connectivity index (χ0n) is 16.8. The summed E-state index contributed by atoms with van der Waals surface area (Å²) in [4.78, 5) is 17.6. The number of fused-ring (bicyclic) bond motifs is 1. The van der Waals surface area contributed by atoms with E-state index < -0.39 is 18.2 Å². The van der Waals surface area contributed by atoms with Gasteiger partial charge in [0, 0.05) is 29.3 Å². The van der Waals surface area contributed by atoms with Gasteiger partial charge in [0.25, 0.3) is 0 Å². The number of benzene rings is 2. The highest BCUT2D eigenvalue weighted by Gasteiger charge is 2.37. The van der Waals surface area contributed by atoms with Crippen molar-refractivity contribution in [3.05, 3.63) is 76.2 Å². The Balaban J connectivity index is 1.82. The van der Waals surface area contributed by atoms with Crippen molar-refractivity contribution < 1.29 is 9.90 Å². The van der Waals surface area contributed by atoms with Crippen molar-refractivity contribution in [2.45, 2.75) is 38.5 Å². The van der Waals surface area contributed by atoms with E-state index in [0.29, 0.717) is 18.9 Å². The molecule has 0 aromatic heterocycles. The molecular formula is C22H27N5O2. The molecule has 0 aliphatic carbocycles. The van der Waals surface area contributed by atoms with E-state index in [0.717, 1.165) is 16.8 Å². The standard InChI is InChI=1S/C22H27N5O2/c1-15(2)13-27(21-17-10-6-7-11-18(17)24-22(21)29)14-20(28)19(25-26-23)12-16-8-4-3-5-9-16/h3-11,15,19-21,28H,12-14H2,1-2H3,(H,24,29). The highest BCUT2D eigenvalue weighted by Crippen LogP contribution is 2.35. The van der Waals surface area contributed by atoms with Gasteiger partial charge >= 0.3 is 0 Å². The Labute approximate surface area is 171 Å². The molecule has 0 fully saturated rings. The number of carbonyl (C=O) groups excluding carboxylic acids is 1. The van der Waals surface area contributed by atoms with E-state index in [9.17, 15) is 9.90 Å². The van der Waals surface area contributed by atoms with Crippen LogP contribution in [0.15, 0.2) is 59.7 Å². The van der Waals surface area contributed by atoms with Gasteiger partial charge in [-0.1, -0.05) is 67.5 Å². The van der Waals surface area contributed by atoms with Crippen molar-refractivity contribution in [2.24, 2.45) is 11.0 Å². The van der Waals surface area contributed by atoms with E-state index in [4.69, 9.17) is 5.53 Å². The predicted octanol–water partition coefficient (Wildman–Crippen LogP) is 3.92. The minimum atomic E-state index is -0.898. The summed E-state index contributed by atoms with van der Waals surface area (Å²) in [7, 11) is 0. The highest BCUT2D eigenvalue weighted by molar-refractivity contribution is 6.02. The lowest BCUT2D eigenvalue weighted by Gasteiger charge is -2.32. The van der Waals surface area contributed by atoms with Gasteiger partial charge < -0.3 is 10.4 Å². The first kappa shape index (κ1) is 20.9. The summed E-state index contributed by atoms with van der Waals surface area (Å²) in [6, 6.07) is 16.2. The van der Waals surface area contributed by atoms with Crippen LogP contribution >= 0.6 is 0 Å². The predicted molar refractivity (Wildman–Crippen MR) is 113 cm³/mol. The topological polar surface area (TPSA) is 101 Å². The number of para-hydroxylation sites is 1. The average molecular weight is 393 g/mol.